The van der Waals surface area contributed by atoms with Crippen molar-refractivity contribution in [1.82, 2.24) is 0 Å². The third-order valence-electron chi connectivity index (χ3n) is 2.85. The first-order chi connectivity index (χ1) is 10.1. The van der Waals surface area contributed by atoms with Crippen LogP contribution in [-0.2, 0) is 4.79 Å². The fraction of sp³-hybridized carbons (Fsp3) is 0.188. The molecular formula is C16H15ClFNO2. The van der Waals surface area contributed by atoms with Gasteiger partial charge in [-0.15, -0.1) is 0 Å². The van der Waals surface area contributed by atoms with E-state index in [0.717, 1.165) is 0 Å². The maximum Gasteiger partial charge on any atom is 0.265 e. The molecule has 0 bridgehead atoms. The van der Waals surface area contributed by atoms with E-state index in [1.54, 1.807) is 30.3 Å². The maximum atomic E-state index is 13.1. The molecule has 0 aromatic heterocycles. The van der Waals surface area contributed by atoms with Crippen molar-refractivity contribution in [2.24, 2.45) is 0 Å². The Kier molecular flexibility index (Phi) is 5.17. The van der Waals surface area contributed by atoms with E-state index in [4.69, 9.17) is 16.3 Å². The van der Waals surface area contributed by atoms with Gasteiger partial charge in [-0.3, -0.25) is 4.79 Å². The van der Waals surface area contributed by atoms with Gasteiger partial charge in [0.1, 0.15) is 11.6 Å². The molecule has 0 radical (unpaired) electrons. The largest absolute Gasteiger partial charge is 0.481 e. The van der Waals surface area contributed by atoms with E-state index in [9.17, 15) is 9.18 Å². The molecule has 2 aromatic rings. The molecule has 1 N–H and O–H groups in total. The quantitative estimate of drug-likeness (QED) is 0.895. The summed E-state index contributed by atoms with van der Waals surface area (Å²) in [5.41, 5.74) is 0.401. The number of anilines is 1. The minimum atomic E-state index is -0.658. The molecule has 2 rings (SSSR count). The van der Waals surface area contributed by atoms with Crippen molar-refractivity contribution in [3.05, 3.63) is 59.4 Å². The van der Waals surface area contributed by atoms with Crippen LogP contribution in [0.15, 0.2) is 48.5 Å². The van der Waals surface area contributed by atoms with Crippen molar-refractivity contribution in [2.45, 2.75) is 19.4 Å². The summed E-state index contributed by atoms with van der Waals surface area (Å²) in [7, 11) is 0. The van der Waals surface area contributed by atoms with E-state index < -0.39 is 11.9 Å². The van der Waals surface area contributed by atoms with Gasteiger partial charge in [0.2, 0.25) is 0 Å². The molecule has 110 valence electrons. The lowest BCUT2D eigenvalue weighted by atomic mass is 10.2. The zero-order valence-corrected chi connectivity index (χ0v) is 12.2. The second kappa shape index (κ2) is 7.09. The predicted molar refractivity (Wildman–Crippen MR) is 81.2 cm³/mol. The van der Waals surface area contributed by atoms with Gasteiger partial charge < -0.3 is 10.1 Å². The number of nitrogens with one attached hydrogen (secondary N) is 1. The average Bonchev–Trinajstić information content (AvgIpc) is 2.46. The molecule has 1 amide bonds. The second-order valence-electron chi connectivity index (χ2n) is 4.47. The Morgan fingerprint density at radius 1 is 1.29 bits per heavy atom. The lowest BCUT2D eigenvalue weighted by Crippen LogP contribution is -2.32. The van der Waals surface area contributed by atoms with Crippen LogP contribution in [0.3, 0.4) is 0 Å². The highest BCUT2D eigenvalue weighted by atomic mass is 35.5. The summed E-state index contributed by atoms with van der Waals surface area (Å²) < 4.78 is 18.7. The van der Waals surface area contributed by atoms with Gasteiger partial charge in [0, 0.05) is 10.7 Å². The van der Waals surface area contributed by atoms with Gasteiger partial charge in [-0.2, -0.15) is 0 Å². The van der Waals surface area contributed by atoms with Crippen LogP contribution >= 0.6 is 11.6 Å². The smallest absolute Gasteiger partial charge is 0.265 e. The van der Waals surface area contributed by atoms with Gasteiger partial charge in [0.15, 0.2) is 6.10 Å². The topological polar surface area (TPSA) is 38.3 Å². The maximum absolute atomic E-state index is 13.1. The van der Waals surface area contributed by atoms with Crippen LogP contribution in [0.1, 0.15) is 13.3 Å². The Bertz CT molecular complexity index is 616. The molecule has 0 heterocycles. The van der Waals surface area contributed by atoms with E-state index in [1.807, 2.05) is 6.92 Å². The first-order valence-corrected chi connectivity index (χ1v) is 6.95. The summed E-state index contributed by atoms with van der Waals surface area (Å²) in [6, 6.07) is 12.5. The summed E-state index contributed by atoms with van der Waals surface area (Å²) in [6.07, 6.45) is -0.168. The average molecular weight is 308 g/mol. The molecular weight excluding hydrogens is 293 g/mol. The summed E-state index contributed by atoms with van der Waals surface area (Å²) in [5, 5.41) is 3.23. The highest BCUT2D eigenvalue weighted by molar-refractivity contribution is 6.30. The van der Waals surface area contributed by atoms with E-state index >= 15 is 0 Å². The van der Waals surface area contributed by atoms with Crippen LogP contribution in [0, 0.1) is 5.82 Å². The van der Waals surface area contributed by atoms with E-state index in [-0.39, 0.29) is 5.91 Å². The van der Waals surface area contributed by atoms with Gasteiger partial charge >= 0.3 is 0 Å². The molecule has 3 nitrogen and oxygen atoms in total. The van der Waals surface area contributed by atoms with E-state index in [1.165, 1.54) is 18.2 Å². The highest BCUT2D eigenvalue weighted by Crippen LogP contribution is 2.18. The zero-order valence-electron chi connectivity index (χ0n) is 11.5. The number of amides is 1. The van der Waals surface area contributed by atoms with Crippen molar-refractivity contribution in [3.63, 3.8) is 0 Å². The molecule has 0 unspecified atom stereocenters. The molecule has 0 saturated heterocycles. The number of ether oxygens (including phenoxy) is 1. The molecule has 5 heteroatoms. The third kappa shape index (κ3) is 4.46. The normalized spacial score (nSPS) is 11.8. The predicted octanol–water partition coefficient (Wildman–Crippen LogP) is 4.28. The highest BCUT2D eigenvalue weighted by Gasteiger charge is 2.18. The number of carbonyl (C=O) groups is 1. The Labute approximate surface area is 127 Å². The molecule has 1 atom stereocenters. The molecule has 0 saturated carbocycles. The Morgan fingerprint density at radius 3 is 2.62 bits per heavy atom. The molecule has 0 aliphatic carbocycles. The summed E-state index contributed by atoms with van der Waals surface area (Å²) >= 11 is 5.80. The summed E-state index contributed by atoms with van der Waals surface area (Å²) in [4.78, 5) is 12.1. The van der Waals surface area contributed by atoms with Crippen molar-refractivity contribution >= 4 is 23.2 Å². The SMILES string of the molecule is CC[C@H](Oc1ccc(Cl)cc1)C(=O)Nc1cccc(F)c1. The molecule has 0 aliphatic heterocycles. The minimum absolute atomic E-state index is 0.321. The van der Waals surface area contributed by atoms with Crippen LogP contribution in [0.5, 0.6) is 5.75 Å². The number of benzene rings is 2. The van der Waals surface area contributed by atoms with Crippen molar-refractivity contribution < 1.29 is 13.9 Å². The van der Waals surface area contributed by atoms with Crippen molar-refractivity contribution in [3.8, 4) is 5.75 Å². The number of hydrogen-bond acceptors (Lipinski definition) is 2. The molecule has 0 aliphatic rings. The van der Waals surface area contributed by atoms with Crippen molar-refractivity contribution in [1.29, 1.82) is 0 Å². The standard InChI is InChI=1S/C16H15ClFNO2/c1-2-15(21-14-8-6-11(17)7-9-14)16(20)19-13-5-3-4-12(18)10-13/h3-10,15H,2H2,1H3,(H,19,20)/t15-/m0/s1. The van der Waals surface area contributed by atoms with Gasteiger partial charge in [0.25, 0.3) is 5.91 Å². The van der Waals surface area contributed by atoms with Gasteiger partial charge in [-0.25, -0.2) is 4.39 Å². The van der Waals surface area contributed by atoms with Crippen LogP contribution in [-0.4, -0.2) is 12.0 Å². The molecule has 0 fully saturated rings. The second-order valence-corrected chi connectivity index (χ2v) is 4.90. The number of carbonyl (C=O) groups excluding carboxylic acids is 1. The van der Waals surface area contributed by atoms with E-state index in [0.29, 0.717) is 22.9 Å². The summed E-state index contributed by atoms with van der Waals surface area (Å²) in [5.74, 6) is -0.168. The summed E-state index contributed by atoms with van der Waals surface area (Å²) in [6.45, 7) is 1.84. The van der Waals surface area contributed by atoms with Crippen LogP contribution in [0.4, 0.5) is 10.1 Å². The molecule has 21 heavy (non-hydrogen) atoms. The Morgan fingerprint density at radius 2 is 2.00 bits per heavy atom. The number of hydrogen-bond donors (Lipinski definition) is 1. The van der Waals surface area contributed by atoms with Gasteiger partial charge in [-0.1, -0.05) is 24.6 Å². The van der Waals surface area contributed by atoms with Crippen LogP contribution in [0.25, 0.3) is 0 Å². The number of halogens is 2. The first-order valence-electron chi connectivity index (χ1n) is 6.57. The monoisotopic (exact) mass is 307 g/mol. The fourth-order valence-electron chi connectivity index (χ4n) is 1.79. The van der Waals surface area contributed by atoms with Gasteiger partial charge in [-0.05, 0) is 48.9 Å². The number of rotatable bonds is 5. The van der Waals surface area contributed by atoms with Gasteiger partial charge in [0.05, 0.1) is 0 Å². The van der Waals surface area contributed by atoms with E-state index in [2.05, 4.69) is 5.32 Å². The zero-order chi connectivity index (χ0) is 15.2. The van der Waals surface area contributed by atoms with Crippen molar-refractivity contribution in [2.75, 3.05) is 5.32 Å². The first kappa shape index (κ1) is 15.3. The third-order valence-corrected chi connectivity index (χ3v) is 3.10. The Hall–Kier alpha value is -2.07. The molecule has 0 spiro atoms. The lowest BCUT2D eigenvalue weighted by Gasteiger charge is -2.17. The van der Waals surface area contributed by atoms with Crippen LogP contribution < -0.4 is 10.1 Å². The fourth-order valence-corrected chi connectivity index (χ4v) is 1.91. The molecule has 2 aromatic carbocycles. The minimum Gasteiger partial charge on any atom is -0.481 e. The van der Waals surface area contributed by atoms with Crippen LogP contribution in [0.2, 0.25) is 5.02 Å². The Balaban J connectivity index is 2.03. The lowest BCUT2D eigenvalue weighted by molar-refractivity contribution is -0.122.